The van der Waals surface area contributed by atoms with E-state index in [9.17, 15) is 10.1 Å². The maximum atomic E-state index is 13.0. The Balaban J connectivity index is 1.59. The summed E-state index contributed by atoms with van der Waals surface area (Å²) in [5, 5.41) is 18.6. The number of nitrogens with two attached hydrogens (primary N) is 1. The highest BCUT2D eigenvalue weighted by molar-refractivity contribution is 6.00. The number of hydrogen-bond acceptors (Lipinski definition) is 6. The van der Waals surface area contributed by atoms with Crippen LogP contribution >= 0.6 is 0 Å². The number of carbonyl (C=O) groups is 1. The summed E-state index contributed by atoms with van der Waals surface area (Å²) in [5.41, 5.74) is 8.97. The molecule has 0 radical (unpaired) electrons. The normalized spacial score (nSPS) is 19.5. The van der Waals surface area contributed by atoms with E-state index in [0.717, 1.165) is 11.1 Å². The zero-order chi connectivity index (χ0) is 22.9. The smallest absolute Gasteiger partial charge is 0.205 e. The molecule has 0 saturated heterocycles. The summed E-state index contributed by atoms with van der Waals surface area (Å²) in [4.78, 5) is 13.0. The number of rotatable bonds is 4. The highest BCUT2D eigenvalue weighted by atomic mass is 16.5. The Bertz CT molecular complexity index is 1210. The highest BCUT2D eigenvalue weighted by Crippen LogP contribution is 2.47. The van der Waals surface area contributed by atoms with Gasteiger partial charge in [0.15, 0.2) is 5.78 Å². The number of hydrogen-bond donors (Lipinski definition) is 1. The number of benzene rings is 2. The molecule has 0 bridgehead atoms. The molecule has 6 nitrogen and oxygen atoms in total. The third-order valence-corrected chi connectivity index (χ3v) is 5.78. The van der Waals surface area contributed by atoms with Gasteiger partial charge in [0.25, 0.3) is 0 Å². The second kappa shape index (κ2) is 8.24. The Kier molecular flexibility index (Phi) is 5.47. The van der Waals surface area contributed by atoms with E-state index in [1.165, 1.54) is 0 Å². The molecule has 0 spiro atoms. The summed E-state index contributed by atoms with van der Waals surface area (Å²) in [6, 6.07) is 18.8. The molecule has 0 amide bonds. The van der Waals surface area contributed by atoms with E-state index < -0.39 is 5.92 Å². The standard InChI is InChI=1S/C26H23N3O3/c1-26(2)11-21(30)24-22(12-26)32-25(29)20(14-28)23(24)18-7-9-19(10-8-18)31-15-17-5-3-16(13-27)4-6-17/h3-10,23H,11-12,15,29H2,1-2H3. The van der Waals surface area contributed by atoms with E-state index in [1.807, 2.05) is 50.2 Å². The van der Waals surface area contributed by atoms with Crippen LogP contribution in [0.2, 0.25) is 0 Å². The summed E-state index contributed by atoms with van der Waals surface area (Å²) in [6.07, 6.45) is 0.992. The van der Waals surface area contributed by atoms with Crippen LogP contribution < -0.4 is 10.5 Å². The highest BCUT2D eigenvalue weighted by Gasteiger charge is 2.42. The van der Waals surface area contributed by atoms with Crippen LogP contribution in [0.5, 0.6) is 5.75 Å². The van der Waals surface area contributed by atoms with Gasteiger partial charge < -0.3 is 15.2 Å². The average molecular weight is 425 g/mol. The van der Waals surface area contributed by atoms with E-state index in [4.69, 9.17) is 20.5 Å². The molecule has 0 aromatic heterocycles. The molecule has 1 unspecified atom stereocenters. The van der Waals surface area contributed by atoms with Gasteiger partial charge in [0.1, 0.15) is 29.8 Å². The molecule has 1 aliphatic carbocycles. The molecule has 1 heterocycles. The van der Waals surface area contributed by atoms with Crippen molar-refractivity contribution < 1.29 is 14.3 Å². The fourth-order valence-electron chi connectivity index (χ4n) is 4.22. The Hall–Kier alpha value is -4.03. The van der Waals surface area contributed by atoms with E-state index >= 15 is 0 Å². The van der Waals surface area contributed by atoms with Crippen LogP contribution in [0, 0.1) is 28.1 Å². The van der Waals surface area contributed by atoms with Gasteiger partial charge in [0.2, 0.25) is 5.88 Å². The van der Waals surface area contributed by atoms with Gasteiger partial charge in [-0.2, -0.15) is 10.5 Å². The predicted octanol–water partition coefficient (Wildman–Crippen LogP) is 4.59. The van der Waals surface area contributed by atoms with E-state index in [0.29, 0.717) is 42.1 Å². The molecular weight excluding hydrogens is 402 g/mol. The lowest BCUT2D eigenvalue weighted by atomic mass is 9.70. The first-order valence-corrected chi connectivity index (χ1v) is 10.4. The van der Waals surface area contributed by atoms with Crippen molar-refractivity contribution in [3.63, 3.8) is 0 Å². The molecule has 2 aliphatic rings. The number of allylic oxidation sites excluding steroid dienone is 3. The van der Waals surface area contributed by atoms with Gasteiger partial charge in [-0.3, -0.25) is 4.79 Å². The van der Waals surface area contributed by atoms with Crippen molar-refractivity contribution in [1.82, 2.24) is 0 Å². The minimum atomic E-state index is -0.542. The van der Waals surface area contributed by atoms with E-state index in [2.05, 4.69) is 12.1 Å². The lowest BCUT2D eigenvalue weighted by Gasteiger charge is -2.37. The van der Waals surface area contributed by atoms with Gasteiger partial charge in [-0.25, -0.2) is 0 Å². The summed E-state index contributed by atoms with van der Waals surface area (Å²) in [6.45, 7) is 4.40. The molecule has 0 fully saturated rings. The number of nitrogens with zero attached hydrogens (tertiary/aromatic N) is 2. The fourth-order valence-corrected chi connectivity index (χ4v) is 4.22. The van der Waals surface area contributed by atoms with Crippen molar-refractivity contribution in [3.8, 4) is 17.9 Å². The molecule has 32 heavy (non-hydrogen) atoms. The second-order valence-electron chi connectivity index (χ2n) is 8.87. The van der Waals surface area contributed by atoms with Crippen LogP contribution in [0.1, 0.15) is 49.3 Å². The number of ether oxygens (including phenoxy) is 2. The van der Waals surface area contributed by atoms with Gasteiger partial charge in [-0.05, 0) is 40.8 Å². The fraction of sp³-hybridized carbons (Fsp3) is 0.269. The van der Waals surface area contributed by atoms with Gasteiger partial charge in [-0.1, -0.05) is 38.1 Å². The first-order valence-electron chi connectivity index (χ1n) is 10.4. The molecule has 4 rings (SSSR count). The minimum absolute atomic E-state index is 0.0114. The molecule has 1 aliphatic heterocycles. The SMILES string of the molecule is CC1(C)CC(=O)C2=C(C1)OC(N)=C(C#N)C2c1ccc(OCc2ccc(C#N)cc2)cc1. The monoisotopic (exact) mass is 425 g/mol. The lowest BCUT2D eigenvalue weighted by Crippen LogP contribution is -2.33. The quantitative estimate of drug-likeness (QED) is 0.767. The summed E-state index contributed by atoms with van der Waals surface area (Å²) in [7, 11) is 0. The molecular formula is C26H23N3O3. The zero-order valence-electron chi connectivity index (χ0n) is 18.0. The van der Waals surface area contributed by atoms with Crippen LogP contribution in [0.25, 0.3) is 0 Å². The van der Waals surface area contributed by atoms with Gasteiger partial charge >= 0.3 is 0 Å². The van der Waals surface area contributed by atoms with Gasteiger partial charge in [-0.15, -0.1) is 0 Å². The molecule has 160 valence electrons. The van der Waals surface area contributed by atoms with Crippen molar-refractivity contribution in [2.45, 2.75) is 39.2 Å². The Morgan fingerprint density at radius 1 is 1.06 bits per heavy atom. The first kappa shape index (κ1) is 21.2. The summed E-state index contributed by atoms with van der Waals surface area (Å²) < 4.78 is 11.6. The molecule has 2 aromatic carbocycles. The first-order chi connectivity index (χ1) is 15.3. The second-order valence-corrected chi connectivity index (χ2v) is 8.87. The van der Waals surface area contributed by atoms with Gasteiger partial charge in [0.05, 0.1) is 17.6 Å². The Morgan fingerprint density at radius 2 is 1.75 bits per heavy atom. The number of nitriles is 2. The molecule has 1 atom stereocenters. The Labute approximate surface area is 187 Å². The van der Waals surface area contributed by atoms with Crippen molar-refractivity contribution in [3.05, 3.63) is 88.0 Å². The number of carbonyl (C=O) groups excluding carboxylic acids is 1. The lowest BCUT2D eigenvalue weighted by molar-refractivity contribution is -0.119. The van der Waals surface area contributed by atoms with Crippen molar-refractivity contribution in [2.75, 3.05) is 0 Å². The van der Waals surface area contributed by atoms with E-state index in [-0.39, 0.29) is 22.7 Å². The summed E-state index contributed by atoms with van der Waals surface area (Å²) in [5.74, 6) is 0.727. The molecule has 0 saturated carbocycles. The summed E-state index contributed by atoms with van der Waals surface area (Å²) >= 11 is 0. The van der Waals surface area contributed by atoms with Crippen LogP contribution in [-0.2, 0) is 16.1 Å². The maximum Gasteiger partial charge on any atom is 0.205 e. The van der Waals surface area contributed by atoms with Crippen LogP contribution in [0.4, 0.5) is 0 Å². The zero-order valence-corrected chi connectivity index (χ0v) is 18.0. The van der Waals surface area contributed by atoms with Crippen molar-refractivity contribution >= 4 is 5.78 Å². The van der Waals surface area contributed by atoms with Gasteiger partial charge in [0, 0.05) is 18.4 Å². The van der Waals surface area contributed by atoms with Crippen LogP contribution in [0.15, 0.2) is 71.3 Å². The largest absolute Gasteiger partial charge is 0.489 e. The topological polar surface area (TPSA) is 109 Å². The molecule has 6 heteroatoms. The number of Topliss-reactive ketones (excluding diaryl/α,β-unsaturated/α-hetero) is 1. The van der Waals surface area contributed by atoms with Crippen LogP contribution in [-0.4, -0.2) is 5.78 Å². The van der Waals surface area contributed by atoms with Crippen molar-refractivity contribution in [1.29, 1.82) is 10.5 Å². The average Bonchev–Trinajstić information content (AvgIpc) is 2.76. The predicted molar refractivity (Wildman–Crippen MR) is 118 cm³/mol. The number of ketones is 1. The minimum Gasteiger partial charge on any atom is -0.489 e. The van der Waals surface area contributed by atoms with Crippen molar-refractivity contribution in [2.24, 2.45) is 11.1 Å². The van der Waals surface area contributed by atoms with Crippen LogP contribution in [0.3, 0.4) is 0 Å². The third-order valence-electron chi connectivity index (χ3n) is 5.78. The van der Waals surface area contributed by atoms with E-state index in [1.54, 1.807) is 12.1 Å². The third kappa shape index (κ3) is 4.08. The molecule has 2 N–H and O–H groups in total. The maximum absolute atomic E-state index is 13.0. The Morgan fingerprint density at radius 3 is 2.38 bits per heavy atom. The molecule has 2 aromatic rings.